The molecule has 3 fully saturated rings. The first-order valence-corrected chi connectivity index (χ1v) is 17.6. The lowest BCUT2D eigenvalue weighted by Gasteiger charge is -2.43. The van der Waals surface area contributed by atoms with E-state index in [0.717, 1.165) is 27.5 Å². The standard InChI is InChI=1S/C36H33N3O6S2/c1-3-44-25-15-19(11-14-24(25)45-17-26(40)37-20-7-5-4-6-8-20)27-28-22-16-23(31(28)46-33-32(27)47-36(43)38-33)30-29(22)34(41)39(35(30)42)21-12-9-18(2)10-13-21/h4-15,22-23,27-31H,3,16-17H2,1-2H3,(H,37,40)(H,38,43)/t22?,23?,27-,28?,29?,30?,31?/m1/s1. The quantitative estimate of drug-likeness (QED) is 0.227. The summed E-state index contributed by atoms with van der Waals surface area (Å²) < 4.78 is 12.0. The lowest BCUT2D eigenvalue weighted by atomic mass is 9.68. The van der Waals surface area contributed by atoms with Crippen LogP contribution >= 0.6 is 23.1 Å². The fourth-order valence-electron chi connectivity index (χ4n) is 8.31. The van der Waals surface area contributed by atoms with Crippen molar-refractivity contribution in [2.75, 3.05) is 23.4 Å². The first kappa shape index (κ1) is 30.0. The number of ether oxygens (including phenoxy) is 2. The fraction of sp³-hybridized carbons (Fsp3) is 0.333. The molecule has 47 heavy (non-hydrogen) atoms. The van der Waals surface area contributed by atoms with Crippen LogP contribution in [-0.4, -0.2) is 41.2 Å². The Bertz CT molecular complexity index is 1940. The summed E-state index contributed by atoms with van der Waals surface area (Å²) in [6.45, 7) is 4.07. The minimum absolute atomic E-state index is 0.00194. The minimum Gasteiger partial charge on any atom is -0.490 e. The molecular formula is C36H33N3O6S2. The van der Waals surface area contributed by atoms with Gasteiger partial charge in [-0.05, 0) is 80.0 Å². The molecule has 0 spiro atoms. The molecule has 4 aliphatic rings. The van der Waals surface area contributed by atoms with Gasteiger partial charge in [0.1, 0.15) is 0 Å². The van der Waals surface area contributed by atoms with Gasteiger partial charge in [0.15, 0.2) is 18.1 Å². The number of hydrogen-bond donors (Lipinski definition) is 2. The molecule has 3 heterocycles. The number of nitrogens with one attached hydrogen (secondary N) is 2. The lowest BCUT2D eigenvalue weighted by Crippen LogP contribution is -2.42. The lowest BCUT2D eigenvalue weighted by molar-refractivity contribution is -0.123. The molecule has 3 aromatic carbocycles. The van der Waals surface area contributed by atoms with Crippen LogP contribution in [0.15, 0.2) is 82.6 Å². The minimum atomic E-state index is -0.382. The normalized spacial score (nSPS) is 26.9. The molecule has 1 aromatic heterocycles. The van der Waals surface area contributed by atoms with E-state index in [2.05, 4.69) is 10.3 Å². The summed E-state index contributed by atoms with van der Waals surface area (Å²) in [7, 11) is 0. The molecule has 2 bridgehead atoms. The van der Waals surface area contributed by atoms with Crippen LogP contribution in [-0.2, 0) is 14.4 Å². The van der Waals surface area contributed by atoms with Crippen LogP contribution in [0.25, 0.3) is 0 Å². The van der Waals surface area contributed by atoms with Gasteiger partial charge in [-0.25, -0.2) is 0 Å². The summed E-state index contributed by atoms with van der Waals surface area (Å²) in [6.07, 6.45) is 0.808. The van der Waals surface area contributed by atoms with Crippen LogP contribution in [0.1, 0.15) is 35.3 Å². The van der Waals surface area contributed by atoms with E-state index in [1.807, 2.05) is 86.6 Å². The smallest absolute Gasteiger partial charge is 0.305 e. The SMILES string of the molecule is CCOc1cc([C@H]2c3sc(=O)[nH]c3SC3C4CC(C5C(=O)N(c6ccc(C)cc6)C(=O)C45)C32)ccc1OCC(=O)Nc1ccccc1. The fourth-order valence-corrected chi connectivity index (χ4v) is 11.2. The van der Waals surface area contributed by atoms with E-state index in [4.69, 9.17) is 9.47 Å². The highest BCUT2D eigenvalue weighted by Crippen LogP contribution is 2.68. The molecule has 6 unspecified atom stereocenters. The molecule has 4 aromatic rings. The van der Waals surface area contributed by atoms with Crippen LogP contribution in [0.4, 0.5) is 11.4 Å². The van der Waals surface area contributed by atoms with E-state index in [9.17, 15) is 19.2 Å². The number of carbonyl (C=O) groups excluding carboxylic acids is 3. The molecule has 1 saturated heterocycles. The van der Waals surface area contributed by atoms with Gasteiger partial charge in [-0.3, -0.25) is 24.1 Å². The zero-order valence-electron chi connectivity index (χ0n) is 25.8. The van der Waals surface area contributed by atoms with Gasteiger partial charge < -0.3 is 19.8 Å². The number of imide groups is 1. The molecule has 7 atom stereocenters. The van der Waals surface area contributed by atoms with Crippen molar-refractivity contribution in [3.63, 3.8) is 0 Å². The van der Waals surface area contributed by atoms with Crippen molar-refractivity contribution in [3.05, 3.63) is 98.5 Å². The molecule has 8 rings (SSSR count). The van der Waals surface area contributed by atoms with Crippen LogP contribution in [0.2, 0.25) is 0 Å². The van der Waals surface area contributed by atoms with E-state index in [-0.39, 0.29) is 70.0 Å². The molecule has 2 N–H and O–H groups in total. The number of carbonyl (C=O) groups is 3. The Morgan fingerprint density at radius 2 is 1.68 bits per heavy atom. The van der Waals surface area contributed by atoms with Gasteiger partial charge in [0.2, 0.25) is 11.8 Å². The number of anilines is 2. The molecular weight excluding hydrogens is 635 g/mol. The van der Waals surface area contributed by atoms with Crippen molar-refractivity contribution in [3.8, 4) is 11.5 Å². The second-order valence-electron chi connectivity index (χ2n) is 12.6. The third-order valence-corrected chi connectivity index (χ3v) is 12.6. The Morgan fingerprint density at radius 3 is 2.43 bits per heavy atom. The summed E-state index contributed by atoms with van der Waals surface area (Å²) >= 11 is 2.88. The van der Waals surface area contributed by atoms with E-state index in [0.29, 0.717) is 29.5 Å². The second-order valence-corrected chi connectivity index (χ2v) is 14.9. The number of aryl methyl sites for hydroxylation is 1. The number of amides is 3. The van der Waals surface area contributed by atoms with Gasteiger partial charge in [0.05, 0.1) is 29.2 Å². The largest absolute Gasteiger partial charge is 0.490 e. The van der Waals surface area contributed by atoms with Gasteiger partial charge in [0.25, 0.3) is 5.91 Å². The maximum atomic E-state index is 14.0. The Hall–Kier alpha value is -4.35. The van der Waals surface area contributed by atoms with E-state index >= 15 is 0 Å². The zero-order valence-corrected chi connectivity index (χ0v) is 27.4. The predicted octanol–water partition coefficient (Wildman–Crippen LogP) is 5.84. The van der Waals surface area contributed by atoms with Gasteiger partial charge >= 0.3 is 4.87 Å². The van der Waals surface area contributed by atoms with Crippen molar-refractivity contribution in [1.82, 2.24) is 4.98 Å². The highest BCUT2D eigenvalue weighted by atomic mass is 32.2. The van der Waals surface area contributed by atoms with Gasteiger partial charge in [-0.1, -0.05) is 53.3 Å². The Balaban J connectivity index is 1.11. The molecule has 2 aliphatic carbocycles. The summed E-state index contributed by atoms with van der Waals surface area (Å²) in [6, 6.07) is 22.5. The predicted molar refractivity (Wildman–Crippen MR) is 180 cm³/mol. The molecule has 2 aliphatic heterocycles. The molecule has 2 saturated carbocycles. The number of rotatable bonds is 8. The Labute approximate surface area is 279 Å². The first-order valence-electron chi connectivity index (χ1n) is 15.9. The number of hydrogen-bond acceptors (Lipinski definition) is 8. The second kappa shape index (κ2) is 11.7. The van der Waals surface area contributed by atoms with Gasteiger partial charge in [0, 0.05) is 21.7 Å². The summed E-state index contributed by atoms with van der Waals surface area (Å²) in [4.78, 5) is 58.6. The molecule has 11 heteroatoms. The number of nitrogens with zero attached hydrogens (tertiary/aromatic N) is 1. The number of thiazole rings is 1. The number of H-pyrrole nitrogens is 1. The Morgan fingerprint density at radius 1 is 0.936 bits per heavy atom. The number of aromatic nitrogens is 1. The van der Waals surface area contributed by atoms with Crippen molar-refractivity contribution in [1.29, 1.82) is 0 Å². The summed E-state index contributed by atoms with van der Waals surface area (Å²) in [5.41, 5.74) is 3.34. The number of thioether (sulfide) groups is 1. The molecule has 9 nitrogen and oxygen atoms in total. The summed E-state index contributed by atoms with van der Waals surface area (Å²) in [5, 5.41) is 3.75. The number of para-hydroxylation sites is 1. The Kier molecular flexibility index (Phi) is 7.48. The van der Waals surface area contributed by atoms with Crippen molar-refractivity contribution >= 4 is 52.2 Å². The summed E-state index contributed by atoms with van der Waals surface area (Å²) in [5.74, 6) is -0.368. The van der Waals surface area contributed by atoms with Crippen LogP contribution in [0.3, 0.4) is 0 Å². The third-order valence-electron chi connectivity index (χ3n) is 10.1. The van der Waals surface area contributed by atoms with E-state index < -0.39 is 0 Å². The molecule has 0 radical (unpaired) electrons. The highest BCUT2D eigenvalue weighted by Gasteiger charge is 2.69. The maximum Gasteiger partial charge on any atom is 0.305 e. The topological polar surface area (TPSA) is 118 Å². The first-order chi connectivity index (χ1) is 22.8. The molecule has 3 amide bonds. The molecule has 240 valence electrons. The van der Waals surface area contributed by atoms with Crippen LogP contribution < -0.4 is 24.6 Å². The highest BCUT2D eigenvalue weighted by molar-refractivity contribution is 8.00. The van der Waals surface area contributed by atoms with E-state index in [1.54, 1.807) is 11.8 Å². The number of fused-ring (bicyclic) bond motifs is 9. The van der Waals surface area contributed by atoms with Crippen molar-refractivity contribution in [2.24, 2.45) is 29.6 Å². The van der Waals surface area contributed by atoms with E-state index in [1.165, 1.54) is 16.2 Å². The monoisotopic (exact) mass is 667 g/mol. The van der Waals surface area contributed by atoms with Crippen molar-refractivity contribution in [2.45, 2.75) is 36.5 Å². The average molecular weight is 668 g/mol. The van der Waals surface area contributed by atoms with Crippen LogP contribution in [0, 0.1) is 36.5 Å². The zero-order chi connectivity index (χ0) is 32.4. The number of benzene rings is 3. The number of aromatic amines is 1. The van der Waals surface area contributed by atoms with Gasteiger partial charge in [-0.15, -0.1) is 11.8 Å². The third kappa shape index (κ3) is 4.98. The van der Waals surface area contributed by atoms with Crippen molar-refractivity contribution < 1.29 is 23.9 Å². The van der Waals surface area contributed by atoms with Gasteiger partial charge in [-0.2, -0.15) is 0 Å². The van der Waals surface area contributed by atoms with Crippen LogP contribution in [0.5, 0.6) is 11.5 Å². The maximum absolute atomic E-state index is 14.0. The average Bonchev–Trinajstić information content (AvgIpc) is 3.80.